The van der Waals surface area contributed by atoms with Crippen molar-refractivity contribution < 1.29 is 19.5 Å². The van der Waals surface area contributed by atoms with Crippen LogP contribution >= 0.6 is 0 Å². The third kappa shape index (κ3) is 6.97. The maximum Gasteiger partial charge on any atom is 0.312 e. The van der Waals surface area contributed by atoms with Crippen LogP contribution in [0.15, 0.2) is 0 Å². The Morgan fingerprint density at radius 1 is 1.19 bits per heavy atom. The van der Waals surface area contributed by atoms with Crippen molar-refractivity contribution >= 4 is 17.9 Å². The van der Waals surface area contributed by atoms with E-state index in [-0.39, 0.29) is 12.3 Å². The first-order chi connectivity index (χ1) is 9.48. The molecule has 0 aromatic rings. The topological polar surface area (TPSA) is 122 Å². The van der Waals surface area contributed by atoms with Crippen molar-refractivity contribution in [2.24, 2.45) is 17.1 Å². The number of urea groups is 1. The van der Waals surface area contributed by atoms with Crippen LogP contribution in [0.25, 0.3) is 0 Å². The fourth-order valence-corrected chi connectivity index (χ4v) is 1.87. The number of nitrogens with one attached hydrogen (secondary N) is 2. The van der Waals surface area contributed by atoms with Crippen LogP contribution in [0.3, 0.4) is 0 Å². The van der Waals surface area contributed by atoms with E-state index in [0.717, 1.165) is 0 Å². The molecule has 7 nitrogen and oxygen atoms in total. The Bertz CT molecular complexity index is 390. The maximum atomic E-state index is 12.3. The van der Waals surface area contributed by atoms with Crippen molar-refractivity contribution in [2.75, 3.05) is 0 Å². The van der Waals surface area contributed by atoms with Crippen LogP contribution in [0.4, 0.5) is 4.79 Å². The van der Waals surface area contributed by atoms with E-state index in [2.05, 4.69) is 10.6 Å². The highest BCUT2D eigenvalue weighted by Crippen LogP contribution is 2.22. The normalized spacial score (nSPS) is 15.7. The second kappa shape index (κ2) is 7.85. The van der Waals surface area contributed by atoms with E-state index < -0.39 is 35.4 Å². The summed E-state index contributed by atoms with van der Waals surface area (Å²) in [7, 11) is 0. The average Bonchev–Trinajstić information content (AvgIpc) is 2.32. The molecule has 0 aliphatic rings. The molecule has 0 aliphatic carbocycles. The molecular formula is C14H27N3O4. The minimum absolute atomic E-state index is 0.108. The summed E-state index contributed by atoms with van der Waals surface area (Å²) in [6, 6.07) is -2.09. The van der Waals surface area contributed by atoms with Crippen molar-refractivity contribution in [2.45, 2.75) is 59.5 Å². The van der Waals surface area contributed by atoms with E-state index in [1.54, 1.807) is 0 Å². The Balaban J connectivity index is 5.06. The predicted octanol–water partition coefficient (Wildman–Crippen LogP) is 1.08. The van der Waals surface area contributed by atoms with E-state index in [1.165, 1.54) is 0 Å². The first-order valence-corrected chi connectivity index (χ1v) is 7.07. The highest BCUT2D eigenvalue weighted by atomic mass is 16.4. The van der Waals surface area contributed by atoms with Gasteiger partial charge in [0.25, 0.3) is 0 Å². The van der Waals surface area contributed by atoms with Gasteiger partial charge >= 0.3 is 12.0 Å². The zero-order valence-corrected chi connectivity index (χ0v) is 13.4. The van der Waals surface area contributed by atoms with Gasteiger partial charge in [0, 0.05) is 6.04 Å². The van der Waals surface area contributed by atoms with Gasteiger partial charge in [-0.3, -0.25) is 9.59 Å². The number of carbonyl (C=O) groups is 3. The summed E-state index contributed by atoms with van der Waals surface area (Å²) in [5.74, 6) is -1.51. The van der Waals surface area contributed by atoms with Crippen LogP contribution in [0, 0.1) is 11.3 Å². The molecule has 0 bridgehead atoms. The van der Waals surface area contributed by atoms with E-state index in [1.807, 2.05) is 34.6 Å². The lowest BCUT2D eigenvalue weighted by molar-refractivity contribution is -0.138. The molecule has 0 aliphatic heterocycles. The molecule has 5 N–H and O–H groups in total. The summed E-state index contributed by atoms with van der Waals surface area (Å²) < 4.78 is 0. The smallest absolute Gasteiger partial charge is 0.312 e. The molecule has 0 rings (SSSR count). The molecule has 0 saturated carbocycles. The number of carbonyl (C=O) groups excluding carboxylic acids is 2. The van der Waals surface area contributed by atoms with Gasteiger partial charge in [0.2, 0.25) is 5.91 Å². The molecule has 0 heterocycles. The summed E-state index contributed by atoms with van der Waals surface area (Å²) >= 11 is 0. The third-order valence-corrected chi connectivity index (χ3v) is 3.53. The lowest BCUT2D eigenvalue weighted by Crippen LogP contribution is -2.56. The molecular weight excluding hydrogens is 274 g/mol. The van der Waals surface area contributed by atoms with Gasteiger partial charge in [0.15, 0.2) is 0 Å². The fraction of sp³-hybridized carbons (Fsp3) is 0.786. The van der Waals surface area contributed by atoms with Crippen molar-refractivity contribution in [3.63, 3.8) is 0 Å². The van der Waals surface area contributed by atoms with Crippen LogP contribution in [0.1, 0.15) is 47.5 Å². The minimum atomic E-state index is -0.988. The first kappa shape index (κ1) is 19.2. The quantitative estimate of drug-likeness (QED) is 0.562. The predicted molar refractivity (Wildman–Crippen MR) is 79.6 cm³/mol. The lowest BCUT2D eigenvalue weighted by atomic mass is 9.84. The van der Waals surface area contributed by atoms with Gasteiger partial charge in [-0.1, -0.05) is 41.0 Å². The number of nitrogens with two attached hydrogens (primary N) is 1. The molecule has 0 spiro atoms. The van der Waals surface area contributed by atoms with E-state index in [0.29, 0.717) is 6.42 Å². The molecule has 0 aromatic carbocycles. The molecule has 0 aromatic heterocycles. The number of carboxylic acid groups (broad SMARTS) is 1. The van der Waals surface area contributed by atoms with Crippen molar-refractivity contribution in [3.05, 3.63) is 0 Å². The van der Waals surface area contributed by atoms with Crippen molar-refractivity contribution in [1.82, 2.24) is 10.6 Å². The summed E-state index contributed by atoms with van der Waals surface area (Å²) in [6.45, 7) is 9.26. The average molecular weight is 301 g/mol. The van der Waals surface area contributed by atoms with Crippen LogP contribution < -0.4 is 16.4 Å². The molecule has 0 saturated heterocycles. The Hall–Kier alpha value is -1.79. The van der Waals surface area contributed by atoms with Gasteiger partial charge in [-0.2, -0.15) is 0 Å². The highest BCUT2D eigenvalue weighted by molar-refractivity contribution is 5.87. The molecule has 3 atom stereocenters. The zero-order chi connectivity index (χ0) is 16.8. The van der Waals surface area contributed by atoms with E-state index >= 15 is 0 Å². The SMILES string of the molecule is CCC(C)C(NC(N)=O)C(=O)NC(CC(=O)O)C(C)(C)C. The van der Waals surface area contributed by atoms with Crippen LogP contribution in [0.5, 0.6) is 0 Å². The third-order valence-electron chi connectivity index (χ3n) is 3.53. The molecule has 0 fully saturated rings. The van der Waals surface area contributed by atoms with Gasteiger partial charge in [-0.15, -0.1) is 0 Å². The highest BCUT2D eigenvalue weighted by Gasteiger charge is 2.32. The molecule has 21 heavy (non-hydrogen) atoms. The van der Waals surface area contributed by atoms with E-state index in [4.69, 9.17) is 10.8 Å². The Morgan fingerprint density at radius 3 is 2.05 bits per heavy atom. The number of hydrogen-bond acceptors (Lipinski definition) is 3. The molecule has 3 amide bonds. The maximum absolute atomic E-state index is 12.3. The monoisotopic (exact) mass is 301 g/mol. The van der Waals surface area contributed by atoms with Gasteiger partial charge in [0.1, 0.15) is 6.04 Å². The standard InChI is InChI=1S/C14H27N3O4/c1-6-8(2)11(17-13(15)21)12(20)16-9(7-10(18)19)14(3,4)5/h8-9,11H,6-7H2,1-5H3,(H,16,20)(H,18,19)(H3,15,17,21). The number of carboxylic acids is 1. The second-order valence-corrected chi connectivity index (χ2v) is 6.40. The molecule has 0 radical (unpaired) electrons. The molecule has 7 heteroatoms. The van der Waals surface area contributed by atoms with Crippen molar-refractivity contribution in [3.8, 4) is 0 Å². The van der Waals surface area contributed by atoms with Gasteiger partial charge in [0.05, 0.1) is 6.42 Å². The fourth-order valence-electron chi connectivity index (χ4n) is 1.87. The number of aliphatic carboxylic acids is 1. The minimum Gasteiger partial charge on any atom is -0.481 e. The van der Waals surface area contributed by atoms with Gasteiger partial charge < -0.3 is 21.5 Å². The first-order valence-electron chi connectivity index (χ1n) is 7.07. The summed E-state index contributed by atoms with van der Waals surface area (Å²) in [5, 5.41) is 14.1. The van der Waals surface area contributed by atoms with Crippen LogP contribution in [-0.2, 0) is 9.59 Å². The van der Waals surface area contributed by atoms with Gasteiger partial charge in [-0.05, 0) is 11.3 Å². The number of amides is 3. The summed E-state index contributed by atoms with van der Waals surface area (Å²) in [5.41, 5.74) is 4.68. The summed E-state index contributed by atoms with van der Waals surface area (Å²) in [4.78, 5) is 34.3. The largest absolute Gasteiger partial charge is 0.481 e. The number of rotatable bonds is 7. The lowest BCUT2D eigenvalue weighted by Gasteiger charge is -2.33. The van der Waals surface area contributed by atoms with Crippen molar-refractivity contribution in [1.29, 1.82) is 0 Å². The Kier molecular flexibility index (Phi) is 7.18. The number of hydrogen-bond donors (Lipinski definition) is 4. The van der Waals surface area contributed by atoms with Crippen LogP contribution in [0.2, 0.25) is 0 Å². The Labute approximate surface area is 125 Å². The number of primary amides is 1. The second-order valence-electron chi connectivity index (χ2n) is 6.40. The zero-order valence-electron chi connectivity index (χ0n) is 13.4. The summed E-state index contributed by atoms with van der Waals surface area (Å²) in [6.07, 6.45) is 0.497. The molecule has 3 unspecified atom stereocenters. The molecule has 122 valence electrons. The van der Waals surface area contributed by atoms with Gasteiger partial charge in [-0.25, -0.2) is 4.79 Å². The van der Waals surface area contributed by atoms with E-state index in [9.17, 15) is 14.4 Å². The van der Waals surface area contributed by atoms with Crippen LogP contribution in [-0.4, -0.2) is 35.1 Å². The Morgan fingerprint density at radius 2 is 1.71 bits per heavy atom.